The van der Waals surface area contributed by atoms with Crippen molar-refractivity contribution in [2.75, 3.05) is 7.11 Å². The smallest absolute Gasteiger partial charge is 0.338 e. The minimum Gasteiger partial charge on any atom is -0.465 e. The first-order chi connectivity index (χ1) is 10.2. The van der Waals surface area contributed by atoms with Gasteiger partial charge in [0.2, 0.25) is 5.89 Å². The molecule has 2 aromatic carbocycles. The number of oxazole rings is 1. The van der Waals surface area contributed by atoms with Crippen LogP contribution in [0, 0.1) is 0 Å². The number of methoxy groups -OCH3 is 1. The predicted octanol–water partition coefficient (Wildman–Crippen LogP) is 4.18. The molecule has 0 fully saturated rings. The summed E-state index contributed by atoms with van der Waals surface area (Å²) < 4.78 is 10.5. The van der Waals surface area contributed by atoms with Gasteiger partial charge in [-0.25, -0.2) is 9.78 Å². The molecule has 1 aromatic heterocycles. The second kappa shape index (κ2) is 5.69. The van der Waals surface area contributed by atoms with Gasteiger partial charge < -0.3 is 9.15 Å². The van der Waals surface area contributed by atoms with Crippen LogP contribution in [0.25, 0.3) is 22.6 Å². The van der Waals surface area contributed by atoms with Crippen molar-refractivity contribution < 1.29 is 13.9 Å². The molecule has 0 atom stereocenters. The molecule has 106 valence electrons. The molecule has 5 heteroatoms. The highest BCUT2D eigenvalue weighted by atomic mass is 79.9. The number of benzene rings is 2. The molecule has 0 saturated carbocycles. The SMILES string of the molecule is COC(=O)c1ccccc1-c1nc2cc(CBr)ccc2o1. The summed E-state index contributed by atoms with van der Waals surface area (Å²) in [6.07, 6.45) is 0. The van der Waals surface area contributed by atoms with Gasteiger partial charge in [-0.05, 0) is 29.8 Å². The average molecular weight is 346 g/mol. The van der Waals surface area contributed by atoms with E-state index in [-0.39, 0.29) is 0 Å². The number of alkyl halides is 1. The molecule has 3 aromatic rings. The van der Waals surface area contributed by atoms with E-state index in [0.717, 1.165) is 16.4 Å². The summed E-state index contributed by atoms with van der Waals surface area (Å²) in [6, 6.07) is 12.9. The number of hydrogen-bond acceptors (Lipinski definition) is 4. The van der Waals surface area contributed by atoms with E-state index in [9.17, 15) is 4.79 Å². The van der Waals surface area contributed by atoms with Crippen LogP contribution in [0.1, 0.15) is 15.9 Å². The van der Waals surface area contributed by atoms with Gasteiger partial charge >= 0.3 is 5.97 Å². The Morgan fingerprint density at radius 3 is 2.86 bits per heavy atom. The zero-order valence-electron chi connectivity index (χ0n) is 11.3. The van der Waals surface area contributed by atoms with Crippen molar-refractivity contribution in [1.29, 1.82) is 0 Å². The van der Waals surface area contributed by atoms with E-state index < -0.39 is 5.97 Å². The van der Waals surface area contributed by atoms with Gasteiger partial charge in [0.15, 0.2) is 5.58 Å². The number of ether oxygens (including phenoxy) is 1. The standard InChI is InChI=1S/C16H12BrNO3/c1-20-16(19)12-5-3-2-4-11(12)15-18-13-8-10(9-17)6-7-14(13)21-15/h2-8H,9H2,1H3. The van der Waals surface area contributed by atoms with Crippen LogP contribution in [-0.4, -0.2) is 18.1 Å². The van der Waals surface area contributed by atoms with Crippen molar-refractivity contribution in [1.82, 2.24) is 4.98 Å². The van der Waals surface area contributed by atoms with Gasteiger partial charge in [-0.2, -0.15) is 0 Å². The highest BCUT2D eigenvalue weighted by Crippen LogP contribution is 2.28. The van der Waals surface area contributed by atoms with Crippen LogP contribution in [0.2, 0.25) is 0 Å². The third-order valence-electron chi connectivity index (χ3n) is 3.17. The normalized spacial score (nSPS) is 10.8. The van der Waals surface area contributed by atoms with E-state index in [2.05, 4.69) is 20.9 Å². The number of carbonyl (C=O) groups is 1. The Balaban J connectivity index is 2.14. The third-order valence-corrected chi connectivity index (χ3v) is 3.82. The summed E-state index contributed by atoms with van der Waals surface area (Å²) in [6.45, 7) is 0. The fourth-order valence-corrected chi connectivity index (χ4v) is 2.48. The molecule has 0 spiro atoms. The lowest BCUT2D eigenvalue weighted by molar-refractivity contribution is 0.0601. The summed E-state index contributed by atoms with van der Waals surface area (Å²) in [5.74, 6) is 0.00623. The van der Waals surface area contributed by atoms with E-state index in [1.54, 1.807) is 18.2 Å². The molecular weight excluding hydrogens is 334 g/mol. The van der Waals surface area contributed by atoms with E-state index in [1.165, 1.54) is 7.11 Å². The van der Waals surface area contributed by atoms with E-state index in [4.69, 9.17) is 9.15 Å². The molecule has 1 heterocycles. The molecule has 3 rings (SSSR count). The van der Waals surface area contributed by atoms with Crippen molar-refractivity contribution >= 4 is 33.0 Å². The van der Waals surface area contributed by atoms with E-state index in [0.29, 0.717) is 22.6 Å². The van der Waals surface area contributed by atoms with Crippen molar-refractivity contribution in [3.63, 3.8) is 0 Å². The molecule has 0 unspecified atom stereocenters. The maximum absolute atomic E-state index is 11.8. The second-order valence-electron chi connectivity index (χ2n) is 4.49. The van der Waals surface area contributed by atoms with Crippen molar-refractivity contribution in [2.24, 2.45) is 0 Å². The maximum atomic E-state index is 11.8. The van der Waals surface area contributed by atoms with Crippen LogP contribution in [0.5, 0.6) is 0 Å². The Morgan fingerprint density at radius 2 is 2.10 bits per heavy atom. The molecule has 21 heavy (non-hydrogen) atoms. The summed E-state index contributed by atoms with van der Waals surface area (Å²) in [5.41, 5.74) is 3.63. The summed E-state index contributed by atoms with van der Waals surface area (Å²) in [4.78, 5) is 16.3. The number of aromatic nitrogens is 1. The molecular formula is C16H12BrNO3. The number of fused-ring (bicyclic) bond motifs is 1. The van der Waals surface area contributed by atoms with E-state index in [1.807, 2.05) is 24.3 Å². The zero-order chi connectivity index (χ0) is 14.8. The van der Waals surface area contributed by atoms with Crippen molar-refractivity contribution in [3.8, 4) is 11.5 Å². The third kappa shape index (κ3) is 2.56. The Labute approximate surface area is 129 Å². The largest absolute Gasteiger partial charge is 0.465 e. The summed E-state index contributed by atoms with van der Waals surface area (Å²) in [5, 5.41) is 0.754. The van der Waals surface area contributed by atoms with Crippen LogP contribution < -0.4 is 0 Å². The Bertz CT molecular complexity index is 810. The molecule has 0 aliphatic carbocycles. The first-order valence-corrected chi connectivity index (χ1v) is 7.48. The first-order valence-electron chi connectivity index (χ1n) is 6.36. The molecule has 0 bridgehead atoms. The van der Waals surface area contributed by atoms with Gasteiger partial charge in [0.25, 0.3) is 0 Å². The molecule has 4 nitrogen and oxygen atoms in total. The highest BCUT2D eigenvalue weighted by molar-refractivity contribution is 9.08. The zero-order valence-corrected chi connectivity index (χ0v) is 12.9. The quantitative estimate of drug-likeness (QED) is 0.527. The number of halogens is 1. The molecule has 0 aliphatic rings. The number of carbonyl (C=O) groups excluding carboxylic acids is 1. The van der Waals surface area contributed by atoms with E-state index >= 15 is 0 Å². The van der Waals surface area contributed by atoms with Gasteiger partial charge in [0, 0.05) is 5.33 Å². The van der Waals surface area contributed by atoms with Crippen molar-refractivity contribution in [2.45, 2.75) is 5.33 Å². The van der Waals surface area contributed by atoms with Gasteiger partial charge in [-0.3, -0.25) is 0 Å². The number of rotatable bonds is 3. The Morgan fingerprint density at radius 1 is 1.29 bits per heavy atom. The fraction of sp³-hybridized carbons (Fsp3) is 0.125. The molecule has 0 saturated heterocycles. The lowest BCUT2D eigenvalue weighted by Gasteiger charge is -2.03. The van der Waals surface area contributed by atoms with Gasteiger partial charge in [0.1, 0.15) is 5.52 Å². The average Bonchev–Trinajstić information content (AvgIpc) is 2.96. The molecule has 0 radical (unpaired) electrons. The summed E-state index contributed by atoms with van der Waals surface area (Å²) >= 11 is 3.42. The molecule has 0 amide bonds. The van der Waals surface area contributed by atoms with Gasteiger partial charge in [0.05, 0.1) is 18.2 Å². The van der Waals surface area contributed by atoms with Crippen LogP contribution >= 0.6 is 15.9 Å². The van der Waals surface area contributed by atoms with Crippen LogP contribution in [0.4, 0.5) is 0 Å². The first kappa shape index (κ1) is 13.8. The minimum atomic E-state index is -0.408. The Hall–Kier alpha value is -2.14. The predicted molar refractivity (Wildman–Crippen MR) is 83.4 cm³/mol. The van der Waals surface area contributed by atoms with Gasteiger partial charge in [-0.1, -0.05) is 34.1 Å². The van der Waals surface area contributed by atoms with Crippen LogP contribution in [-0.2, 0) is 10.1 Å². The number of nitrogens with zero attached hydrogens (tertiary/aromatic N) is 1. The molecule has 0 aliphatic heterocycles. The monoisotopic (exact) mass is 345 g/mol. The van der Waals surface area contributed by atoms with Gasteiger partial charge in [-0.15, -0.1) is 0 Å². The summed E-state index contributed by atoms with van der Waals surface area (Å²) in [7, 11) is 1.35. The fourth-order valence-electron chi connectivity index (χ4n) is 2.13. The Kier molecular flexibility index (Phi) is 3.75. The maximum Gasteiger partial charge on any atom is 0.338 e. The van der Waals surface area contributed by atoms with Crippen LogP contribution in [0.3, 0.4) is 0 Å². The van der Waals surface area contributed by atoms with Crippen molar-refractivity contribution in [3.05, 3.63) is 53.6 Å². The minimum absolute atomic E-state index is 0.408. The number of hydrogen-bond donors (Lipinski definition) is 0. The molecule has 0 N–H and O–H groups in total. The number of esters is 1. The lowest BCUT2D eigenvalue weighted by atomic mass is 10.1. The topological polar surface area (TPSA) is 52.3 Å². The lowest BCUT2D eigenvalue weighted by Crippen LogP contribution is -2.03. The second-order valence-corrected chi connectivity index (χ2v) is 5.05. The van der Waals surface area contributed by atoms with Crippen LogP contribution in [0.15, 0.2) is 46.9 Å². The highest BCUT2D eigenvalue weighted by Gasteiger charge is 2.17.